The summed E-state index contributed by atoms with van der Waals surface area (Å²) in [6.45, 7) is 4.13. The molecule has 1 aromatic carbocycles. The van der Waals surface area contributed by atoms with Crippen molar-refractivity contribution in [3.63, 3.8) is 0 Å². The van der Waals surface area contributed by atoms with E-state index in [0.717, 1.165) is 55.3 Å². The normalized spacial score (nSPS) is 17.2. The summed E-state index contributed by atoms with van der Waals surface area (Å²) in [5.74, 6) is -1.04. The van der Waals surface area contributed by atoms with Crippen molar-refractivity contribution in [3.8, 4) is 0 Å². The van der Waals surface area contributed by atoms with Crippen LogP contribution >= 0.6 is 0 Å². The summed E-state index contributed by atoms with van der Waals surface area (Å²) < 4.78 is 0. The van der Waals surface area contributed by atoms with Crippen LogP contribution in [0.25, 0.3) is 0 Å². The van der Waals surface area contributed by atoms with Crippen LogP contribution in [-0.2, 0) is 22.4 Å². The molecule has 4 nitrogen and oxygen atoms in total. The van der Waals surface area contributed by atoms with Crippen molar-refractivity contribution in [2.24, 2.45) is 0 Å². The maximum atomic E-state index is 12.6. The second kappa shape index (κ2) is 12.6. The minimum absolute atomic E-state index is 0.116. The molecule has 2 N–H and O–H groups in total. The molecule has 1 saturated carbocycles. The fourth-order valence-corrected chi connectivity index (χ4v) is 4.13. The second-order valence-electron chi connectivity index (χ2n) is 8.04. The van der Waals surface area contributed by atoms with Gasteiger partial charge in [0, 0.05) is 11.7 Å². The van der Waals surface area contributed by atoms with Crippen molar-refractivity contribution < 1.29 is 9.59 Å². The van der Waals surface area contributed by atoms with Crippen LogP contribution < -0.4 is 10.6 Å². The Balaban J connectivity index is 1.95. The van der Waals surface area contributed by atoms with E-state index >= 15 is 0 Å². The van der Waals surface area contributed by atoms with E-state index in [1.165, 1.54) is 44.9 Å². The molecule has 0 aliphatic heterocycles. The fourth-order valence-electron chi connectivity index (χ4n) is 4.13. The van der Waals surface area contributed by atoms with Gasteiger partial charge in [-0.15, -0.1) is 0 Å². The lowest BCUT2D eigenvalue weighted by Crippen LogP contribution is -2.42. The van der Waals surface area contributed by atoms with Crippen molar-refractivity contribution in [2.75, 3.05) is 5.32 Å². The number of hydrogen-bond acceptors (Lipinski definition) is 2. The number of anilines is 1. The van der Waals surface area contributed by atoms with Crippen LogP contribution in [0, 0.1) is 0 Å². The van der Waals surface area contributed by atoms with Gasteiger partial charge in [-0.1, -0.05) is 89.8 Å². The average molecular weight is 387 g/mol. The van der Waals surface area contributed by atoms with Gasteiger partial charge >= 0.3 is 11.8 Å². The van der Waals surface area contributed by atoms with Gasteiger partial charge in [-0.2, -0.15) is 0 Å². The Hall–Kier alpha value is -1.84. The zero-order valence-electron chi connectivity index (χ0n) is 17.8. The van der Waals surface area contributed by atoms with Gasteiger partial charge in [0.2, 0.25) is 0 Å². The number of aryl methyl sites for hydroxylation is 2. The molecule has 0 saturated heterocycles. The molecule has 0 unspecified atom stereocenters. The lowest BCUT2D eigenvalue weighted by atomic mass is 9.98. The van der Waals surface area contributed by atoms with E-state index in [2.05, 4.69) is 24.5 Å². The summed E-state index contributed by atoms with van der Waals surface area (Å²) >= 11 is 0. The van der Waals surface area contributed by atoms with Gasteiger partial charge in [0.1, 0.15) is 0 Å². The summed E-state index contributed by atoms with van der Waals surface area (Å²) in [6, 6.07) is 6.15. The number of benzene rings is 1. The van der Waals surface area contributed by atoms with Crippen LogP contribution in [0.3, 0.4) is 0 Å². The van der Waals surface area contributed by atoms with Gasteiger partial charge in [-0.3, -0.25) is 9.59 Å². The highest BCUT2D eigenvalue weighted by atomic mass is 16.2. The Morgan fingerprint density at radius 2 is 1.25 bits per heavy atom. The molecule has 2 rings (SSSR count). The van der Waals surface area contributed by atoms with E-state index in [1.807, 2.05) is 18.2 Å². The van der Waals surface area contributed by atoms with E-state index in [0.29, 0.717) is 0 Å². The van der Waals surface area contributed by atoms with Crippen LogP contribution in [-0.4, -0.2) is 17.9 Å². The quantitative estimate of drug-likeness (QED) is 0.668. The van der Waals surface area contributed by atoms with E-state index < -0.39 is 11.8 Å². The minimum atomic E-state index is -0.540. The molecule has 1 fully saturated rings. The van der Waals surface area contributed by atoms with Crippen LogP contribution in [0.4, 0.5) is 5.69 Å². The third-order valence-corrected chi connectivity index (χ3v) is 5.88. The van der Waals surface area contributed by atoms with E-state index in [9.17, 15) is 9.59 Å². The zero-order valence-corrected chi connectivity index (χ0v) is 17.8. The Bertz CT molecular complexity index is 593. The van der Waals surface area contributed by atoms with Gasteiger partial charge in [-0.25, -0.2) is 0 Å². The summed E-state index contributed by atoms with van der Waals surface area (Å²) in [6.07, 6.45) is 14.9. The topological polar surface area (TPSA) is 58.2 Å². The van der Waals surface area contributed by atoms with Gasteiger partial charge in [0.15, 0.2) is 0 Å². The Morgan fingerprint density at radius 3 is 1.71 bits per heavy atom. The molecule has 0 bridgehead atoms. The van der Waals surface area contributed by atoms with Gasteiger partial charge in [0.05, 0.1) is 0 Å². The predicted octanol–water partition coefficient (Wildman–Crippen LogP) is 5.54. The average Bonchev–Trinajstić information content (AvgIpc) is 2.70. The molecular weight excluding hydrogens is 348 g/mol. The summed E-state index contributed by atoms with van der Waals surface area (Å²) in [7, 11) is 0. The standard InChI is InChI=1S/C24H38N2O2/c1-3-19-15-14-16-20(4-2)22(19)26-24(28)23(27)25-21-17-12-10-8-6-5-7-9-11-13-18-21/h14-16,21H,3-13,17-18H2,1-2H3,(H,25,27)(H,26,28). The maximum absolute atomic E-state index is 12.6. The highest BCUT2D eigenvalue weighted by molar-refractivity contribution is 6.39. The zero-order chi connectivity index (χ0) is 20.2. The van der Waals surface area contributed by atoms with E-state index in [4.69, 9.17) is 0 Å². The molecule has 0 radical (unpaired) electrons. The van der Waals surface area contributed by atoms with Crippen LogP contribution in [0.15, 0.2) is 18.2 Å². The van der Waals surface area contributed by atoms with E-state index in [-0.39, 0.29) is 6.04 Å². The van der Waals surface area contributed by atoms with Crippen molar-refractivity contribution in [3.05, 3.63) is 29.3 Å². The number of rotatable bonds is 4. The number of carbonyl (C=O) groups excluding carboxylic acids is 2. The minimum Gasteiger partial charge on any atom is -0.345 e. The lowest BCUT2D eigenvalue weighted by Gasteiger charge is -2.20. The fraction of sp³-hybridized carbons (Fsp3) is 0.667. The number of nitrogens with one attached hydrogen (secondary N) is 2. The first-order chi connectivity index (χ1) is 13.7. The smallest absolute Gasteiger partial charge is 0.313 e. The monoisotopic (exact) mass is 386 g/mol. The maximum Gasteiger partial charge on any atom is 0.313 e. The SMILES string of the molecule is CCc1cccc(CC)c1NC(=O)C(=O)NC1CCCCCCCCCCC1. The first kappa shape index (κ1) is 22.4. The molecule has 0 aromatic heterocycles. The molecule has 156 valence electrons. The molecule has 1 aliphatic rings. The van der Waals surface area contributed by atoms with E-state index in [1.54, 1.807) is 0 Å². The number of amides is 2. The summed E-state index contributed by atoms with van der Waals surface area (Å²) in [5.41, 5.74) is 2.96. The largest absolute Gasteiger partial charge is 0.345 e. The number of para-hydroxylation sites is 1. The molecule has 28 heavy (non-hydrogen) atoms. The molecular formula is C24H38N2O2. The Labute approximate surface area is 170 Å². The van der Waals surface area contributed by atoms with Crippen LogP contribution in [0.2, 0.25) is 0 Å². The highest BCUT2D eigenvalue weighted by Crippen LogP contribution is 2.22. The first-order valence-corrected chi connectivity index (χ1v) is 11.4. The van der Waals surface area contributed by atoms with Crippen molar-refractivity contribution in [2.45, 2.75) is 103 Å². The third-order valence-electron chi connectivity index (χ3n) is 5.88. The molecule has 0 heterocycles. The van der Waals surface area contributed by atoms with Gasteiger partial charge < -0.3 is 10.6 Å². The first-order valence-electron chi connectivity index (χ1n) is 11.4. The molecule has 1 aliphatic carbocycles. The van der Waals surface area contributed by atoms with Crippen molar-refractivity contribution in [1.29, 1.82) is 0 Å². The molecule has 1 aromatic rings. The third kappa shape index (κ3) is 7.29. The Kier molecular flexibility index (Phi) is 10.1. The summed E-state index contributed by atoms with van der Waals surface area (Å²) in [5, 5.41) is 5.90. The van der Waals surface area contributed by atoms with Crippen LogP contribution in [0.1, 0.15) is 95.6 Å². The van der Waals surface area contributed by atoms with Crippen LogP contribution in [0.5, 0.6) is 0 Å². The van der Waals surface area contributed by atoms with Gasteiger partial charge in [0.25, 0.3) is 0 Å². The number of carbonyl (C=O) groups is 2. The molecule has 2 amide bonds. The molecule has 0 atom stereocenters. The van der Waals surface area contributed by atoms with Gasteiger partial charge in [-0.05, 0) is 36.8 Å². The highest BCUT2D eigenvalue weighted by Gasteiger charge is 2.20. The van der Waals surface area contributed by atoms with Crippen molar-refractivity contribution >= 4 is 17.5 Å². The summed E-state index contributed by atoms with van der Waals surface area (Å²) in [4.78, 5) is 25.1. The molecule has 0 spiro atoms. The second-order valence-corrected chi connectivity index (χ2v) is 8.04. The molecule has 4 heteroatoms. The Morgan fingerprint density at radius 1 is 0.786 bits per heavy atom. The number of hydrogen-bond donors (Lipinski definition) is 2. The predicted molar refractivity (Wildman–Crippen MR) is 117 cm³/mol. The van der Waals surface area contributed by atoms with Crippen molar-refractivity contribution in [1.82, 2.24) is 5.32 Å². The lowest BCUT2D eigenvalue weighted by molar-refractivity contribution is -0.136.